The van der Waals surface area contributed by atoms with E-state index < -0.39 is 0 Å². The number of carbonyl (C=O) groups is 1. The van der Waals surface area contributed by atoms with Crippen molar-refractivity contribution in [3.05, 3.63) is 23.8 Å². The molecule has 0 fully saturated rings. The molecule has 0 atom stereocenters. The van der Waals surface area contributed by atoms with Crippen LogP contribution in [0.5, 0.6) is 5.75 Å². The predicted octanol–water partition coefficient (Wildman–Crippen LogP) is 2.68. The molecule has 0 aromatic heterocycles. The van der Waals surface area contributed by atoms with Gasteiger partial charge in [0.2, 0.25) is 5.91 Å². The Balaban J connectivity index is 2.85. The third-order valence-corrected chi connectivity index (χ3v) is 2.77. The van der Waals surface area contributed by atoms with Gasteiger partial charge in [-0.15, -0.1) is 0 Å². The molecule has 0 spiro atoms. The van der Waals surface area contributed by atoms with Crippen LogP contribution in [-0.2, 0) is 4.79 Å². The minimum Gasteiger partial charge on any atom is -0.494 e. The molecular weight excluding hydrogens is 234 g/mol. The number of ether oxygens (including phenoxy) is 1. The van der Waals surface area contributed by atoms with Crippen molar-refractivity contribution in [2.24, 2.45) is 0 Å². The highest BCUT2D eigenvalue weighted by Gasteiger charge is 2.11. The Labute approximate surface area is 108 Å². The van der Waals surface area contributed by atoms with E-state index in [2.05, 4.69) is 12.6 Å². The Morgan fingerprint density at radius 2 is 2.18 bits per heavy atom. The molecule has 3 nitrogen and oxygen atoms in total. The summed E-state index contributed by atoms with van der Waals surface area (Å²) in [6, 6.07) is 5.76. The van der Waals surface area contributed by atoms with E-state index in [0.717, 1.165) is 17.0 Å². The Morgan fingerprint density at radius 3 is 2.71 bits per heavy atom. The number of hydrogen-bond acceptors (Lipinski definition) is 3. The van der Waals surface area contributed by atoms with Crippen LogP contribution in [0.1, 0.15) is 18.9 Å². The molecule has 1 aromatic rings. The van der Waals surface area contributed by atoms with Crippen molar-refractivity contribution in [3.8, 4) is 5.75 Å². The molecule has 0 saturated heterocycles. The summed E-state index contributed by atoms with van der Waals surface area (Å²) in [6.07, 6.45) is 0.450. The molecule has 1 amide bonds. The highest BCUT2D eigenvalue weighted by atomic mass is 32.1. The topological polar surface area (TPSA) is 29.5 Å². The van der Waals surface area contributed by atoms with Gasteiger partial charge in [-0.25, -0.2) is 0 Å². The number of rotatable bonds is 5. The minimum absolute atomic E-state index is 0.0727. The molecule has 0 bridgehead atoms. The summed E-state index contributed by atoms with van der Waals surface area (Å²) < 4.78 is 5.46. The molecule has 0 radical (unpaired) electrons. The summed E-state index contributed by atoms with van der Waals surface area (Å²) in [4.78, 5) is 13.4. The smallest absolute Gasteiger partial charge is 0.227 e. The molecule has 0 heterocycles. The normalized spacial score (nSPS) is 10.1. The minimum atomic E-state index is 0.0727. The van der Waals surface area contributed by atoms with Crippen LogP contribution in [0.3, 0.4) is 0 Å². The van der Waals surface area contributed by atoms with Gasteiger partial charge in [-0.2, -0.15) is 12.6 Å². The number of thiol groups is 1. The zero-order valence-corrected chi connectivity index (χ0v) is 11.5. The lowest BCUT2D eigenvalue weighted by Gasteiger charge is -2.18. The molecule has 0 aliphatic heterocycles. The van der Waals surface area contributed by atoms with Crippen LogP contribution >= 0.6 is 12.6 Å². The fraction of sp³-hybridized carbons (Fsp3) is 0.462. The molecule has 17 heavy (non-hydrogen) atoms. The maximum absolute atomic E-state index is 11.7. The molecule has 94 valence electrons. The molecule has 1 rings (SSSR count). The fourth-order valence-corrected chi connectivity index (χ4v) is 1.76. The van der Waals surface area contributed by atoms with Crippen molar-refractivity contribution in [3.63, 3.8) is 0 Å². The highest BCUT2D eigenvalue weighted by Crippen LogP contribution is 2.24. The van der Waals surface area contributed by atoms with Gasteiger partial charge in [-0.3, -0.25) is 4.79 Å². The summed E-state index contributed by atoms with van der Waals surface area (Å²) in [5.41, 5.74) is 1.92. The van der Waals surface area contributed by atoms with E-state index in [9.17, 15) is 4.79 Å². The average molecular weight is 253 g/mol. The lowest BCUT2D eigenvalue weighted by Crippen LogP contribution is -2.26. The van der Waals surface area contributed by atoms with Crippen LogP contribution in [0.25, 0.3) is 0 Å². The van der Waals surface area contributed by atoms with Gasteiger partial charge in [0.15, 0.2) is 0 Å². The number of aryl methyl sites for hydroxylation is 1. The Bertz CT molecular complexity index is 393. The first kappa shape index (κ1) is 13.9. The maximum Gasteiger partial charge on any atom is 0.227 e. The summed E-state index contributed by atoms with van der Waals surface area (Å²) in [5, 5.41) is 0. The summed E-state index contributed by atoms with van der Waals surface area (Å²) in [7, 11) is 1.78. The van der Waals surface area contributed by atoms with E-state index in [1.165, 1.54) is 0 Å². The Hall–Kier alpha value is -1.16. The third-order valence-electron chi connectivity index (χ3n) is 2.55. The molecule has 0 saturated carbocycles. The van der Waals surface area contributed by atoms with Crippen molar-refractivity contribution in [1.82, 2.24) is 0 Å². The molecule has 0 aliphatic carbocycles. The zero-order valence-electron chi connectivity index (χ0n) is 10.6. The second-order valence-corrected chi connectivity index (χ2v) is 4.26. The molecule has 0 aliphatic rings. The quantitative estimate of drug-likeness (QED) is 0.818. The van der Waals surface area contributed by atoms with Crippen LogP contribution in [0.4, 0.5) is 5.69 Å². The van der Waals surface area contributed by atoms with Gasteiger partial charge < -0.3 is 9.64 Å². The van der Waals surface area contributed by atoms with Crippen LogP contribution < -0.4 is 9.64 Å². The monoisotopic (exact) mass is 253 g/mol. The van der Waals surface area contributed by atoms with Gasteiger partial charge in [0.05, 0.1) is 6.61 Å². The molecule has 0 unspecified atom stereocenters. The van der Waals surface area contributed by atoms with E-state index in [4.69, 9.17) is 4.74 Å². The molecular formula is C13H19NO2S. The lowest BCUT2D eigenvalue weighted by atomic mass is 10.2. The van der Waals surface area contributed by atoms with Crippen molar-refractivity contribution < 1.29 is 9.53 Å². The number of hydrogen-bond donors (Lipinski definition) is 1. The Morgan fingerprint density at radius 1 is 1.47 bits per heavy atom. The van der Waals surface area contributed by atoms with Gasteiger partial charge in [0.25, 0.3) is 0 Å². The van der Waals surface area contributed by atoms with E-state index >= 15 is 0 Å². The number of nitrogens with zero attached hydrogens (tertiary/aromatic N) is 1. The Kier molecular flexibility index (Phi) is 5.35. The second kappa shape index (κ2) is 6.55. The second-order valence-electron chi connectivity index (χ2n) is 3.81. The van der Waals surface area contributed by atoms with Crippen molar-refractivity contribution >= 4 is 24.2 Å². The van der Waals surface area contributed by atoms with Crippen molar-refractivity contribution in [2.75, 3.05) is 24.3 Å². The largest absolute Gasteiger partial charge is 0.494 e. The first-order valence-corrected chi connectivity index (χ1v) is 6.34. The van der Waals surface area contributed by atoms with Crippen molar-refractivity contribution in [1.29, 1.82) is 0 Å². The van der Waals surface area contributed by atoms with E-state index in [-0.39, 0.29) is 5.91 Å². The zero-order chi connectivity index (χ0) is 12.8. The molecule has 4 heteroatoms. The predicted molar refractivity (Wildman–Crippen MR) is 74.2 cm³/mol. The average Bonchev–Trinajstić information content (AvgIpc) is 2.31. The number of anilines is 1. The lowest BCUT2D eigenvalue weighted by molar-refractivity contribution is -0.117. The third kappa shape index (κ3) is 3.66. The van der Waals surface area contributed by atoms with Crippen LogP contribution in [0, 0.1) is 6.92 Å². The van der Waals surface area contributed by atoms with E-state index in [1.54, 1.807) is 11.9 Å². The maximum atomic E-state index is 11.7. The standard InChI is InChI=1S/C13H19NO2S/c1-4-16-12-6-5-11(9-10(12)2)14(3)13(15)7-8-17/h5-6,9,17H,4,7-8H2,1-3H3. The van der Waals surface area contributed by atoms with Crippen LogP contribution in [-0.4, -0.2) is 25.3 Å². The fourth-order valence-electron chi connectivity index (χ4n) is 1.57. The molecule has 1 aromatic carbocycles. The van der Waals surface area contributed by atoms with Gasteiger partial charge in [0.1, 0.15) is 5.75 Å². The first-order chi connectivity index (χ1) is 8.10. The van der Waals surface area contributed by atoms with Gasteiger partial charge >= 0.3 is 0 Å². The van der Waals surface area contributed by atoms with E-state index in [0.29, 0.717) is 18.8 Å². The van der Waals surface area contributed by atoms with Crippen molar-refractivity contribution in [2.45, 2.75) is 20.3 Å². The van der Waals surface area contributed by atoms with Gasteiger partial charge in [-0.1, -0.05) is 0 Å². The van der Waals surface area contributed by atoms with Gasteiger partial charge in [-0.05, 0) is 43.4 Å². The number of amides is 1. The summed E-state index contributed by atoms with van der Waals surface area (Å²) in [6.45, 7) is 4.58. The number of carbonyl (C=O) groups excluding carboxylic acids is 1. The summed E-state index contributed by atoms with van der Waals surface area (Å²) in [5.74, 6) is 1.51. The molecule has 0 N–H and O–H groups in total. The van der Waals surface area contributed by atoms with Crippen LogP contribution in [0.2, 0.25) is 0 Å². The van der Waals surface area contributed by atoms with Gasteiger partial charge in [0, 0.05) is 19.2 Å². The van der Waals surface area contributed by atoms with E-state index in [1.807, 2.05) is 32.0 Å². The highest BCUT2D eigenvalue weighted by molar-refractivity contribution is 7.80. The van der Waals surface area contributed by atoms with Crippen LogP contribution in [0.15, 0.2) is 18.2 Å². The first-order valence-electron chi connectivity index (χ1n) is 5.71. The summed E-state index contributed by atoms with van der Waals surface area (Å²) >= 11 is 4.06. The SMILES string of the molecule is CCOc1ccc(N(C)C(=O)CCS)cc1C. The number of benzene rings is 1.